The third kappa shape index (κ3) is 27.2. The molecule has 33 heteroatoms. The average Bonchev–Trinajstić information content (AvgIpc) is 1.31. The Hall–Kier alpha value is -14.5. The van der Waals surface area contributed by atoms with Crippen molar-refractivity contribution in [1.82, 2.24) is 19.9 Å². The molecule has 0 aliphatic carbocycles. The van der Waals surface area contributed by atoms with Crippen molar-refractivity contribution in [3.8, 4) is 41.8 Å². The molecule has 8 heterocycles. The molecule has 12 aromatic rings. The van der Waals surface area contributed by atoms with E-state index in [-0.39, 0.29) is 46.0 Å². The SMILES string of the molecule is CC(C)(C)OC(=O)Nc1ccc(-c2cccs2)cc1N.CC(C)(C)OC(=O)Nc1ccc(-c2cccs2)cc1NC(=O)c1ccc(C(=N)N)nc1.N=C(N)c1ccc(C(=O)Nc2cc(-c3cccs3)ccc2N)cn1.[C-]#[N+]c1ccc(C(=O)Nc2cc(-c3cccs3)ccc2NC(=O)OC(C)(C)C)cn1.[C-]#[N+]c1ccc(C(=O)O)cn1. The van der Waals surface area contributed by atoms with Crippen LogP contribution in [0.15, 0.2) is 216 Å². The van der Waals surface area contributed by atoms with E-state index in [9.17, 15) is 33.6 Å². The van der Waals surface area contributed by atoms with Gasteiger partial charge in [-0.1, -0.05) is 73.8 Å². The molecular formula is C83H80N18O11S4. The summed E-state index contributed by atoms with van der Waals surface area (Å²) in [5.41, 5.74) is 30.0. The number of amidine groups is 2. The molecule has 17 N–H and O–H groups in total. The molecule has 0 saturated heterocycles. The van der Waals surface area contributed by atoms with E-state index in [1.54, 1.807) is 129 Å². The monoisotopic (exact) mass is 1630 g/mol. The zero-order valence-corrected chi connectivity index (χ0v) is 67.2. The number of carbonyl (C=O) groups is 7. The fraction of sp³-hybridized carbons (Fsp3) is 0.145. The highest BCUT2D eigenvalue weighted by atomic mass is 32.1. The lowest BCUT2D eigenvalue weighted by Crippen LogP contribution is -2.27. The number of thiophene rings is 4. The van der Waals surface area contributed by atoms with Gasteiger partial charge < -0.3 is 67.9 Å². The second-order valence-electron chi connectivity index (χ2n) is 27.3. The van der Waals surface area contributed by atoms with E-state index >= 15 is 0 Å². The Balaban J connectivity index is 0.000000187. The summed E-state index contributed by atoms with van der Waals surface area (Å²) in [5.74, 6) is -2.10. The van der Waals surface area contributed by atoms with Crippen molar-refractivity contribution in [1.29, 1.82) is 10.8 Å². The molecule has 0 unspecified atom stereocenters. The molecule has 592 valence electrons. The first kappa shape index (κ1) is 87.1. The number of amides is 6. The highest BCUT2D eigenvalue weighted by Crippen LogP contribution is 2.36. The Kier molecular flexibility index (Phi) is 30.1. The molecule has 0 aliphatic rings. The average molecular weight is 1630 g/mol. The molecule has 12 rings (SSSR count). The third-order valence-electron chi connectivity index (χ3n) is 14.9. The summed E-state index contributed by atoms with van der Waals surface area (Å²) in [6.45, 7) is 29.6. The van der Waals surface area contributed by atoms with Gasteiger partial charge in [-0.15, -0.1) is 55.3 Å². The molecule has 0 fully saturated rings. The van der Waals surface area contributed by atoms with Crippen molar-refractivity contribution in [2.24, 2.45) is 11.5 Å². The number of pyridine rings is 4. The van der Waals surface area contributed by atoms with Crippen molar-refractivity contribution >= 4 is 156 Å². The fourth-order valence-corrected chi connectivity index (χ4v) is 12.5. The van der Waals surface area contributed by atoms with Crippen molar-refractivity contribution in [3.63, 3.8) is 0 Å². The van der Waals surface area contributed by atoms with E-state index in [1.165, 1.54) is 61.1 Å². The van der Waals surface area contributed by atoms with Crippen molar-refractivity contribution < 1.29 is 52.9 Å². The Morgan fingerprint density at radius 3 is 0.983 bits per heavy atom. The van der Waals surface area contributed by atoms with Crippen LogP contribution in [0, 0.1) is 24.0 Å². The molecule has 0 atom stereocenters. The van der Waals surface area contributed by atoms with Crippen molar-refractivity contribution in [2.75, 3.05) is 43.4 Å². The number of aromatic nitrogens is 4. The molecular weight excluding hydrogens is 1550 g/mol. The van der Waals surface area contributed by atoms with E-state index < -0.39 is 52.9 Å². The number of anilines is 8. The van der Waals surface area contributed by atoms with E-state index in [4.69, 9.17) is 66.2 Å². The van der Waals surface area contributed by atoms with Crippen molar-refractivity contribution in [2.45, 2.75) is 79.1 Å². The molecule has 0 radical (unpaired) electrons. The number of hydrogen-bond donors (Lipinski definition) is 13. The van der Waals surface area contributed by atoms with Gasteiger partial charge in [0.25, 0.3) is 29.4 Å². The number of aromatic carboxylic acids is 1. The van der Waals surface area contributed by atoms with Crippen LogP contribution in [0.25, 0.3) is 51.5 Å². The van der Waals surface area contributed by atoms with E-state index in [1.807, 2.05) is 127 Å². The van der Waals surface area contributed by atoms with E-state index in [2.05, 4.69) is 61.5 Å². The number of nitrogens with two attached hydrogens (primary N) is 4. The summed E-state index contributed by atoms with van der Waals surface area (Å²) in [5, 5.41) is 47.5. The van der Waals surface area contributed by atoms with Gasteiger partial charge in [-0.25, -0.2) is 19.2 Å². The smallest absolute Gasteiger partial charge is 0.412 e. The van der Waals surface area contributed by atoms with Gasteiger partial charge in [-0.2, -0.15) is 0 Å². The summed E-state index contributed by atoms with van der Waals surface area (Å²) >= 11 is 6.39. The summed E-state index contributed by atoms with van der Waals surface area (Å²) in [7, 11) is 0. The highest BCUT2D eigenvalue weighted by Gasteiger charge is 2.23. The Morgan fingerprint density at radius 1 is 0.379 bits per heavy atom. The zero-order chi connectivity index (χ0) is 84.4. The minimum absolute atomic E-state index is 0.0948. The van der Waals surface area contributed by atoms with Crippen LogP contribution in [0.5, 0.6) is 0 Å². The maximum atomic E-state index is 12.8. The van der Waals surface area contributed by atoms with Gasteiger partial charge in [0.15, 0.2) is 0 Å². The normalized spacial score (nSPS) is 10.6. The van der Waals surface area contributed by atoms with E-state index in [0.717, 1.165) is 48.0 Å². The lowest BCUT2D eigenvalue weighted by molar-refractivity contribution is 0.0624. The molecule has 29 nitrogen and oxygen atoms in total. The van der Waals surface area contributed by atoms with Crippen LogP contribution in [0.3, 0.4) is 0 Å². The maximum absolute atomic E-state index is 12.8. The maximum Gasteiger partial charge on any atom is 0.412 e. The molecule has 6 amide bonds. The van der Waals surface area contributed by atoms with Gasteiger partial charge in [0.1, 0.15) is 52.3 Å². The van der Waals surface area contributed by atoms with E-state index in [0.29, 0.717) is 62.3 Å². The number of ether oxygens (including phenoxy) is 3. The second kappa shape index (κ2) is 40.1. The van der Waals surface area contributed by atoms with Crippen LogP contribution in [-0.2, 0) is 14.2 Å². The minimum atomic E-state index is -1.03. The molecule has 116 heavy (non-hydrogen) atoms. The van der Waals surface area contributed by atoms with Gasteiger partial charge in [-0.05, 0) is 215 Å². The van der Waals surface area contributed by atoms with Crippen LogP contribution >= 0.6 is 45.3 Å². The number of hydrogen-bond acceptors (Lipinski definition) is 22. The quantitative estimate of drug-likeness (QED) is 0.0140. The van der Waals surface area contributed by atoms with Crippen LogP contribution in [-0.4, -0.2) is 95.5 Å². The summed E-state index contributed by atoms with van der Waals surface area (Å²) in [6.07, 6.45) is 3.47. The predicted molar refractivity (Wildman–Crippen MR) is 460 cm³/mol. The van der Waals surface area contributed by atoms with Gasteiger partial charge in [-0.3, -0.25) is 51.1 Å². The van der Waals surface area contributed by atoms with Crippen LogP contribution in [0.2, 0.25) is 0 Å². The molecule has 8 aromatic heterocycles. The molecule has 0 bridgehead atoms. The number of nitrogen functional groups attached to an aromatic ring is 4. The van der Waals surface area contributed by atoms with Gasteiger partial charge in [0.2, 0.25) is 0 Å². The van der Waals surface area contributed by atoms with Crippen LogP contribution < -0.4 is 54.8 Å². The van der Waals surface area contributed by atoms with Crippen LogP contribution in [0.4, 0.5) is 71.5 Å². The number of benzene rings is 4. The van der Waals surface area contributed by atoms with Gasteiger partial charge in [0, 0.05) is 31.9 Å². The first-order valence-electron chi connectivity index (χ1n) is 34.7. The molecule has 0 aliphatic heterocycles. The number of carboxylic acids is 1. The zero-order valence-electron chi connectivity index (χ0n) is 63.9. The Bertz CT molecular complexity index is 5540. The number of carbonyl (C=O) groups excluding carboxylic acids is 6. The summed E-state index contributed by atoms with van der Waals surface area (Å²) in [4.78, 5) is 110. The third-order valence-corrected chi connectivity index (χ3v) is 18.5. The van der Waals surface area contributed by atoms with Crippen LogP contribution in [0.1, 0.15) is 115 Å². The highest BCUT2D eigenvalue weighted by molar-refractivity contribution is 7.14. The lowest BCUT2D eigenvalue weighted by atomic mass is 10.1. The predicted octanol–water partition coefficient (Wildman–Crippen LogP) is 19.3. The Labute approximate surface area is 683 Å². The first-order chi connectivity index (χ1) is 55.0. The second-order valence-corrected chi connectivity index (χ2v) is 31.1. The summed E-state index contributed by atoms with van der Waals surface area (Å²) < 4.78 is 15.8. The molecule has 0 spiro atoms. The van der Waals surface area contributed by atoms with Crippen molar-refractivity contribution in [3.05, 3.63) is 273 Å². The first-order valence-corrected chi connectivity index (χ1v) is 38.2. The fourth-order valence-electron chi connectivity index (χ4n) is 9.60. The minimum Gasteiger partial charge on any atom is -0.478 e. The Morgan fingerprint density at radius 2 is 0.690 bits per heavy atom. The van der Waals surface area contributed by atoms with Gasteiger partial charge in [0.05, 0.1) is 67.8 Å². The molecule has 0 saturated carbocycles. The van der Waals surface area contributed by atoms with Gasteiger partial charge >= 0.3 is 24.2 Å². The largest absolute Gasteiger partial charge is 0.478 e. The molecule has 4 aromatic carbocycles. The number of rotatable bonds is 16. The number of nitrogens with zero attached hydrogens (tertiary/aromatic N) is 6. The summed E-state index contributed by atoms with van der Waals surface area (Å²) in [6, 6.07) is 49.5. The lowest BCUT2D eigenvalue weighted by Gasteiger charge is -2.21. The number of nitrogens with one attached hydrogen (secondary N) is 8. The topological polar surface area (TPSA) is 452 Å². The number of carboxylic acid groups (broad SMARTS) is 1. The standard InChI is InChI=1S/C22H23N5O3S.C22H20N4O3S.C17H15N5OS.C15H18N2O2S.C7H4N2O2/c1-22(2,3)30-21(29)27-15-8-6-13(18-5-4-10-31-18)11-17(15)26-20(28)14-7-9-16(19(23)24)25-12-14;1-22(2,3)29-21(28)26-16-9-7-14(18-6-5-11-30-18)12-17(16)25-20(27)15-8-10-19(23-4)24-13-15;18-12-5-3-10(15-2-1-7-24-15)8-14(12)22-17(23)11-4-6-13(16(19)20)21-9-11;1-15(2,3)19-14(18)17-12-7-6-10(9-11(12)16)13-5-4-8-20-13;1-8-6-3-2-5(4-9-6)7(10)11/h4-12H,1-3H3,(H3,23,24)(H,26,28)(H,27,29);5-13H,1-3H3,(H,25,27)(H,26,28);1-9H,18H2,(H3,19,20)(H,22,23);4-9H,16H2,1-3H3,(H,17,18);2-4H,(H,10,11).